The molecule has 1 aliphatic rings. The van der Waals surface area contributed by atoms with Crippen LogP contribution in [-0.4, -0.2) is 49.1 Å². The lowest BCUT2D eigenvalue weighted by Crippen LogP contribution is -2.51. The van der Waals surface area contributed by atoms with E-state index >= 15 is 0 Å². The highest BCUT2D eigenvalue weighted by Gasteiger charge is 2.28. The number of piperidine rings is 1. The second kappa shape index (κ2) is 8.54. The minimum Gasteiger partial charge on any atom is -0.353 e. The standard InChI is InChI=1S/C15H31N3O/c1-5-8-16-14-7-9-18(10-13(14)6-2)11-15(19)17-12(3)4/h12-14,16H,5-11H2,1-4H3,(H,17,19). The molecule has 2 unspecified atom stereocenters. The van der Waals surface area contributed by atoms with E-state index in [2.05, 4.69) is 29.4 Å². The number of carbonyl (C=O) groups is 1. The third kappa shape index (κ3) is 5.91. The fourth-order valence-electron chi connectivity index (χ4n) is 2.83. The molecule has 1 fully saturated rings. The smallest absolute Gasteiger partial charge is 0.234 e. The summed E-state index contributed by atoms with van der Waals surface area (Å²) in [7, 11) is 0. The van der Waals surface area contributed by atoms with Gasteiger partial charge < -0.3 is 10.6 Å². The Morgan fingerprint density at radius 2 is 2.11 bits per heavy atom. The fraction of sp³-hybridized carbons (Fsp3) is 0.933. The Bertz CT molecular complexity index is 268. The molecule has 4 heteroatoms. The Balaban J connectivity index is 2.38. The van der Waals surface area contributed by atoms with E-state index in [1.165, 1.54) is 12.8 Å². The SMILES string of the molecule is CCCNC1CCN(CC(=O)NC(C)C)CC1CC. The van der Waals surface area contributed by atoms with Crippen molar-refractivity contribution in [3.05, 3.63) is 0 Å². The summed E-state index contributed by atoms with van der Waals surface area (Å²) < 4.78 is 0. The summed E-state index contributed by atoms with van der Waals surface area (Å²) >= 11 is 0. The fourth-order valence-corrected chi connectivity index (χ4v) is 2.83. The number of nitrogens with zero attached hydrogens (tertiary/aromatic N) is 1. The first-order valence-electron chi connectivity index (χ1n) is 7.81. The molecule has 1 rings (SSSR count). The molecular formula is C15H31N3O. The molecule has 4 nitrogen and oxygen atoms in total. The van der Waals surface area contributed by atoms with Gasteiger partial charge in [0.15, 0.2) is 0 Å². The van der Waals surface area contributed by atoms with E-state index in [4.69, 9.17) is 0 Å². The lowest BCUT2D eigenvalue weighted by molar-refractivity contribution is -0.123. The summed E-state index contributed by atoms with van der Waals surface area (Å²) in [5.41, 5.74) is 0. The van der Waals surface area contributed by atoms with Crippen molar-refractivity contribution < 1.29 is 4.79 Å². The van der Waals surface area contributed by atoms with Gasteiger partial charge in [-0.2, -0.15) is 0 Å². The largest absolute Gasteiger partial charge is 0.353 e. The van der Waals surface area contributed by atoms with Crippen molar-refractivity contribution in [3.63, 3.8) is 0 Å². The second-order valence-electron chi connectivity index (χ2n) is 5.97. The van der Waals surface area contributed by atoms with Crippen molar-refractivity contribution in [2.45, 2.75) is 59.0 Å². The molecule has 0 bridgehead atoms. The summed E-state index contributed by atoms with van der Waals surface area (Å²) in [5.74, 6) is 0.831. The third-order valence-corrected chi connectivity index (χ3v) is 3.82. The van der Waals surface area contributed by atoms with Crippen LogP contribution >= 0.6 is 0 Å². The van der Waals surface area contributed by atoms with Gasteiger partial charge in [-0.25, -0.2) is 0 Å². The molecule has 1 aliphatic heterocycles. The van der Waals surface area contributed by atoms with Gasteiger partial charge >= 0.3 is 0 Å². The zero-order valence-electron chi connectivity index (χ0n) is 13.0. The maximum absolute atomic E-state index is 11.8. The minimum atomic E-state index is 0.157. The predicted molar refractivity (Wildman–Crippen MR) is 80.2 cm³/mol. The van der Waals surface area contributed by atoms with Gasteiger partial charge in [0.2, 0.25) is 5.91 Å². The summed E-state index contributed by atoms with van der Waals surface area (Å²) in [6.45, 7) is 12.2. The first-order valence-corrected chi connectivity index (χ1v) is 7.81. The van der Waals surface area contributed by atoms with Crippen molar-refractivity contribution in [2.24, 2.45) is 5.92 Å². The van der Waals surface area contributed by atoms with Crippen molar-refractivity contribution in [1.82, 2.24) is 15.5 Å². The minimum absolute atomic E-state index is 0.157. The van der Waals surface area contributed by atoms with Crippen LogP contribution in [0.3, 0.4) is 0 Å². The van der Waals surface area contributed by atoms with Crippen LogP contribution in [0, 0.1) is 5.92 Å². The molecule has 0 aliphatic carbocycles. The summed E-state index contributed by atoms with van der Waals surface area (Å²) in [5, 5.41) is 6.62. The zero-order valence-corrected chi connectivity index (χ0v) is 13.0. The van der Waals surface area contributed by atoms with Crippen LogP contribution in [-0.2, 0) is 4.79 Å². The van der Waals surface area contributed by atoms with Gasteiger partial charge in [0, 0.05) is 25.2 Å². The molecule has 1 saturated heterocycles. The molecule has 1 amide bonds. The van der Waals surface area contributed by atoms with Crippen molar-refractivity contribution in [3.8, 4) is 0 Å². The van der Waals surface area contributed by atoms with Crippen LogP contribution in [0.25, 0.3) is 0 Å². The zero-order chi connectivity index (χ0) is 14.3. The summed E-state index contributed by atoms with van der Waals surface area (Å²) in [6, 6.07) is 0.868. The Morgan fingerprint density at radius 3 is 2.68 bits per heavy atom. The van der Waals surface area contributed by atoms with Crippen LogP contribution < -0.4 is 10.6 Å². The van der Waals surface area contributed by atoms with E-state index in [1.54, 1.807) is 0 Å². The Hall–Kier alpha value is -0.610. The van der Waals surface area contributed by atoms with Gasteiger partial charge in [0.25, 0.3) is 0 Å². The highest BCUT2D eigenvalue weighted by Crippen LogP contribution is 2.20. The van der Waals surface area contributed by atoms with E-state index < -0.39 is 0 Å². The van der Waals surface area contributed by atoms with Gasteiger partial charge in [0.1, 0.15) is 0 Å². The van der Waals surface area contributed by atoms with Gasteiger partial charge in [-0.1, -0.05) is 20.3 Å². The summed E-state index contributed by atoms with van der Waals surface area (Å²) in [6.07, 6.45) is 3.53. The highest BCUT2D eigenvalue weighted by molar-refractivity contribution is 5.78. The van der Waals surface area contributed by atoms with Gasteiger partial charge in [-0.3, -0.25) is 9.69 Å². The lowest BCUT2D eigenvalue weighted by atomic mass is 9.90. The van der Waals surface area contributed by atoms with Gasteiger partial charge in [0.05, 0.1) is 6.54 Å². The van der Waals surface area contributed by atoms with Gasteiger partial charge in [-0.15, -0.1) is 0 Å². The Kier molecular flexibility index (Phi) is 7.39. The average molecular weight is 269 g/mol. The molecule has 0 aromatic heterocycles. The van der Waals surface area contributed by atoms with E-state index in [9.17, 15) is 4.79 Å². The Morgan fingerprint density at radius 1 is 1.37 bits per heavy atom. The number of likely N-dealkylation sites (tertiary alicyclic amines) is 1. The number of amides is 1. The normalized spacial score (nSPS) is 24.7. The van der Waals surface area contributed by atoms with Crippen LogP contribution in [0.2, 0.25) is 0 Å². The molecule has 0 aromatic carbocycles. The maximum atomic E-state index is 11.8. The molecule has 2 atom stereocenters. The van der Waals surface area contributed by atoms with E-state index in [0.717, 1.165) is 26.1 Å². The number of rotatable bonds is 7. The third-order valence-electron chi connectivity index (χ3n) is 3.82. The van der Waals surface area contributed by atoms with Crippen molar-refractivity contribution in [1.29, 1.82) is 0 Å². The van der Waals surface area contributed by atoms with Crippen molar-refractivity contribution >= 4 is 5.91 Å². The first kappa shape index (κ1) is 16.4. The van der Waals surface area contributed by atoms with E-state index in [1.807, 2.05) is 13.8 Å². The average Bonchev–Trinajstić information content (AvgIpc) is 2.36. The molecule has 1 heterocycles. The van der Waals surface area contributed by atoms with Crippen LogP contribution in [0.15, 0.2) is 0 Å². The quantitative estimate of drug-likeness (QED) is 0.738. The topological polar surface area (TPSA) is 44.4 Å². The van der Waals surface area contributed by atoms with Gasteiger partial charge in [-0.05, 0) is 39.2 Å². The first-order chi connectivity index (χ1) is 9.06. The van der Waals surface area contributed by atoms with E-state index in [0.29, 0.717) is 18.5 Å². The molecule has 0 radical (unpaired) electrons. The highest BCUT2D eigenvalue weighted by atomic mass is 16.2. The van der Waals surface area contributed by atoms with Crippen LogP contribution in [0.5, 0.6) is 0 Å². The molecule has 19 heavy (non-hydrogen) atoms. The maximum Gasteiger partial charge on any atom is 0.234 e. The number of hydrogen-bond acceptors (Lipinski definition) is 3. The number of carbonyl (C=O) groups excluding carboxylic acids is 1. The summed E-state index contributed by atoms with van der Waals surface area (Å²) in [4.78, 5) is 14.1. The molecular weight excluding hydrogens is 238 g/mol. The molecule has 0 aromatic rings. The predicted octanol–water partition coefficient (Wildman–Crippen LogP) is 1.61. The number of nitrogens with one attached hydrogen (secondary N) is 2. The monoisotopic (exact) mass is 269 g/mol. The molecule has 0 spiro atoms. The molecule has 0 saturated carbocycles. The molecule has 112 valence electrons. The van der Waals surface area contributed by atoms with Crippen LogP contribution in [0.4, 0.5) is 0 Å². The van der Waals surface area contributed by atoms with E-state index in [-0.39, 0.29) is 11.9 Å². The Labute approximate surface area is 118 Å². The molecule has 2 N–H and O–H groups in total. The van der Waals surface area contributed by atoms with Crippen LogP contribution in [0.1, 0.15) is 47.0 Å². The number of hydrogen-bond donors (Lipinski definition) is 2. The second-order valence-corrected chi connectivity index (χ2v) is 5.97. The van der Waals surface area contributed by atoms with Crippen molar-refractivity contribution in [2.75, 3.05) is 26.2 Å². The lowest BCUT2D eigenvalue weighted by Gasteiger charge is -2.38.